The van der Waals surface area contributed by atoms with Crippen LogP contribution in [0.1, 0.15) is 37.1 Å². The summed E-state index contributed by atoms with van der Waals surface area (Å²) in [6, 6.07) is 11.3. The van der Waals surface area contributed by atoms with Crippen molar-refractivity contribution in [1.82, 2.24) is 5.32 Å². The number of carbonyl (C=O) groups excluding carboxylic acids is 2. The van der Waals surface area contributed by atoms with Crippen molar-refractivity contribution < 1.29 is 14.3 Å². The Hall–Kier alpha value is -2.34. The summed E-state index contributed by atoms with van der Waals surface area (Å²) in [5.41, 5.74) is 0.878. The summed E-state index contributed by atoms with van der Waals surface area (Å²) >= 11 is 1.64. The molecular weight excluding hydrogens is 336 g/mol. The normalized spacial score (nSPS) is 15.2. The molecule has 3 rings (SSSR count). The Morgan fingerprint density at radius 3 is 2.72 bits per heavy atom. The van der Waals surface area contributed by atoms with E-state index in [4.69, 9.17) is 4.74 Å². The number of hydrogen-bond donors (Lipinski definition) is 1. The van der Waals surface area contributed by atoms with Gasteiger partial charge in [-0.1, -0.05) is 13.0 Å². The maximum Gasteiger partial charge on any atom is 0.258 e. The van der Waals surface area contributed by atoms with Crippen LogP contribution in [0.5, 0.6) is 5.75 Å². The number of ether oxygens (including phenoxy) is 1. The summed E-state index contributed by atoms with van der Waals surface area (Å²) in [6.45, 7) is 2.79. The van der Waals surface area contributed by atoms with Gasteiger partial charge >= 0.3 is 0 Å². The van der Waals surface area contributed by atoms with E-state index in [1.807, 2.05) is 36.6 Å². The van der Waals surface area contributed by atoms with Crippen LogP contribution in [0.25, 0.3) is 0 Å². The van der Waals surface area contributed by atoms with Crippen LogP contribution >= 0.6 is 11.3 Å². The third-order valence-electron chi connectivity index (χ3n) is 4.22. The van der Waals surface area contributed by atoms with Gasteiger partial charge in [-0.3, -0.25) is 9.59 Å². The van der Waals surface area contributed by atoms with Gasteiger partial charge in [0.25, 0.3) is 5.91 Å². The summed E-state index contributed by atoms with van der Waals surface area (Å²) in [5.74, 6) is 0.640. The molecule has 2 amide bonds. The minimum Gasteiger partial charge on any atom is -0.484 e. The van der Waals surface area contributed by atoms with Gasteiger partial charge in [0.05, 0.1) is 6.04 Å². The predicted octanol–water partition coefficient (Wildman–Crippen LogP) is 3.52. The molecule has 0 radical (unpaired) electrons. The highest BCUT2D eigenvalue weighted by Crippen LogP contribution is 2.24. The lowest BCUT2D eigenvalue weighted by Crippen LogP contribution is -2.32. The van der Waals surface area contributed by atoms with Crippen molar-refractivity contribution in [2.75, 3.05) is 18.1 Å². The van der Waals surface area contributed by atoms with Gasteiger partial charge in [0, 0.05) is 23.5 Å². The summed E-state index contributed by atoms with van der Waals surface area (Å²) in [7, 11) is 0. The average molecular weight is 358 g/mol. The van der Waals surface area contributed by atoms with Crippen LogP contribution in [0.2, 0.25) is 0 Å². The largest absolute Gasteiger partial charge is 0.484 e. The maximum absolute atomic E-state index is 12.1. The zero-order chi connectivity index (χ0) is 17.6. The third-order valence-corrected chi connectivity index (χ3v) is 5.21. The van der Waals surface area contributed by atoms with Gasteiger partial charge < -0.3 is 15.0 Å². The zero-order valence-corrected chi connectivity index (χ0v) is 15.1. The molecule has 132 valence electrons. The van der Waals surface area contributed by atoms with Crippen molar-refractivity contribution in [3.63, 3.8) is 0 Å². The minimum atomic E-state index is -0.140. The SMILES string of the molecule is CCC(NC(=O)COc1ccc(N2CCCC2=O)cc1)c1cccs1. The van der Waals surface area contributed by atoms with Crippen molar-refractivity contribution >= 4 is 28.8 Å². The number of carbonyl (C=O) groups is 2. The Morgan fingerprint density at radius 2 is 2.12 bits per heavy atom. The highest BCUT2D eigenvalue weighted by Gasteiger charge is 2.21. The standard InChI is InChI=1S/C19H22N2O3S/c1-2-16(17-5-4-12-25-17)20-18(22)13-24-15-9-7-14(8-10-15)21-11-3-6-19(21)23/h4-5,7-10,12,16H,2-3,6,11,13H2,1H3,(H,20,22). The molecule has 1 aromatic carbocycles. The number of nitrogens with zero attached hydrogens (tertiary/aromatic N) is 1. The predicted molar refractivity (Wildman–Crippen MR) is 99.0 cm³/mol. The highest BCUT2D eigenvalue weighted by molar-refractivity contribution is 7.10. The fraction of sp³-hybridized carbons (Fsp3) is 0.368. The van der Waals surface area contributed by atoms with Crippen LogP contribution in [0, 0.1) is 0 Å². The monoisotopic (exact) mass is 358 g/mol. The average Bonchev–Trinajstić information content (AvgIpc) is 3.30. The molecule has 1 N–H and O–H groups in total. The number of hydrogen-bond acceptors (Lipinski definition) is 4. The zero-order valence-electron chi connectivity index (χ0n) is 14.2. The molecule has 2 heterocycles. The second kappa shape index (κ2) is 8.16. The van der Waals surface area contributed by atoms with Gasteiger partial charge in [-0.25, -0.2) is 0 Å². The summed E-state index contributed by atoms with van der Waals surface area (Å²) in [6.07, 6.45) is 2.35. The van der Waals surface area contributed by atoms with Crippen molar-refractivity contribution in [1.29, 1.82) is 0 Å². The first kappa shape index (κ1) is 17.5. The van der Waals surface area contributed by atoms with E-state index >= 15 is 0 Å². The first-order valence-corrected chi connectivity index (χ1v) is 9.41. The summed E-state index contributed by atoms with van der Waals surface area (Å²) < 4.78 is 5.56. The van der Waals surface area contributed by atoms with Crippen molar-refractivity contribution in [3.8, 4) is 5.75 Å². The lowest BCUT2D eigenvalue weighted by Gasteiger charge is -2.17. The molecule has 0 spiro atoms. The second-order valence-electron chi connectivity index (χ2n) is 5.98. The Kier molecular flexibility index (Phi) is 5.71. The third kappa shape index (κ3) is 4.39. The molecule has 2 aromatic rings. The van der Waals surface area contributed by atoms with Gasteiger partial charge in [-0.05, 0) is 48.6 Å². The number of benzene rings is 1. The van der Waals surface area contributed by atoms with Crippen LogP contribution < -0.4 is 15.0 Å². The van der Waals surface area contributed by atoms with E-state index in [0.717, 1.165) is 30.0 Å². The Bertz CT molecular complexity index is 713. The Balaban J connectivity index is 1.51. The molecular formula is C19H22N2O3S. The van der Waals surface area contributed by atoms with E-state index in [1.165, 1.54) is 0 Å². The smallest absolute Gasteiger partial charge is 0.258 e. The van der Waals surface area contributed by atoms with E-state index < -0.39 is 0 Å². The number of amides is 2. The second-order valence-corrected chi connectivity index (χ2v) is 6.95. The number of nitrogens with one attached hydrogen (secondary N) is 1. The van der Waals surface area contributed by atoms with Crippen molar-refractivity contribution in [2.24, 2.45) is 0 Å². The summed E-state index contributed by atoms with van der Waals surface area (Å²) in [5, 5.41) is 5.00. The lowest BCUT2D eigenvalue weighted by molar-refractivity contribution is -0.123. The molecule has 1 saturated heterocycles. The van der Waals surface area contributed by atoms with Gasteiger partial charge in [0.2, 0.25) is 5.91 Å². The molecule has 0 saturated carbocycles. The fourth-order valence-corrected chi connectivity index (χ4v) is 3.75. The molecule has 6 heteroatoms. The molecule has 5 nitrogen and oxygen atoms in total. The van der Waals surface area contributed by atoms with Gasteiger partial charge in [-0.15, -0.1) is 11.3 Å². The van der Waals surface area contributed by atoms with Crippen molar-refractivity contribution in [2.45, 2.75) is 32.2 Å². The van der Waals surface area contributed by atoms with Crippen molar-refractivity contribution in [3.05, 3.63) is 46.7 Å². The van der Waals surface area contributed by atoms with Crippen LogP contribution in [-0.2, 0) is 9.59 Å². The fourth-order valence-electron chi connectivity index (χ4n) is 2.89. The molecule has 0 aliphatic carbocycles. The van der Waals surface area contributed by atoms with Crippen LogP contribution in [0.15, 0.2) is 41.8 Å². The summed E-state index contributed by atoms with van der Waals surface area (Å²) in [4.78, 5) is 26.8. The van der Waals surface area contributed by atoms with E-state index in [9.17, 15) is 9.59 Å². The maximum atomic E-state index is 12.1. The molecule has 1 unspecified atom stereocenters. The quantitative estimate of drug-likeness (QED) is 0.824. The van der Waals surface area contributed by atoms with Gasteiger partial charge in [-0.2, -0.15) is 0 Å². The van der Waals surface area contributed by atoms with E-state index in [2.05, 4.69) is 5.32 Å². The van der Waals surface area contributed by atoms with Crippen LogP contribution in [0.4, 0.5) is 5.69 Å². The molecule has 1 aromatic heterocycles. The van der Waals surface area contributed by atoms with Crippen LogP contribution in [0.3, 0.4) is 0 Å². The lowest BCUT2D eigenvalue weighted by atomic mass is 10.2. The molecule has 1 atom stereocenters. The Morgan fingerprint density at radius 1 is 1.32 bits per heavy atom. The Labute approximate surface area is 151 Å². The number of thiophene rings is 1. The number of rotatable bonds is 7. The van der Waals surface area contributed by atoms with E-state index in [1.54, 1.807) is 28.4 Å². The first-order valence-electron chi connectivity index (χ1n) is 8.53. The van der Waals surface area contributed by atoms with Gasteiger partial charge in [0.15, 0.2) is 6.61 Å². The van der Waals surface area contributed by atoms with E-state index in [0.29, 0.717) is 12.2 Å². The first-order chi connectivity index (χ1) is 12.2. The van der Waals surface area contributed by atoms with Gasteiger partial charge in [0.1, 0.15) is 5.75 Å². The highest BCUT2D eigenvalue weighted by atomic mass is 32.1. The van der Waals surface area contributed by atoms with Crippen LogP contribution in [-0.4, -0.2) is 25.0 Å². The van der Waals surface area contributed by atoms with E-state index in [-0.39, 0.29) is 24.5 Å². The topological polar surface area (TPSA) is 58.6 Å². The molecule has 25 heavy (non-hydrogen) atoms. The molecule has 1 aliphatic heterocycles. The molecule has 1 aliphatic rings. The molecule has 1 fully saturated rings. The molecule has 0 bridgehead atoms. The number of anilines is 1. The minimum absolute atomic E-state index is 0.0239.